The molecular formula is C9H16N10O2. The molecule has 0 spiro atoms. The monoisotopic (exact) mass is 296 g/mol. The number of tetrazole rings is 2. The number of nitrogens with two attached hydrogens (primary N) is 2. The summed E-state index contributed by atoms with van der Waals surface area (Å²) in [4.78, 5) is 11.8. The number of anilines is 2. The largest absolute Gasteiger partial charge is 0.467 e. The molecule has 12 nitrogen and oxygen atoms in total. The summed E-state index contributed by atoms with van der Waals surface area (Å²) in [6.07, 6.45) is 1.90. The number of unbranched alkanes of at least 4 members (excludes halogenated alkanes) is 1. The third kappa shape index (κ3) is 3.40. The first-order valence-electron chi connectivity index (χ1n) is 6.26. The Hall–Kier alpha value is -2.79. The zero-order valence-corrected chi connectivity index (χ0v) is 11.5. The van der Waals surface area contributed by atoms with Crippen LogP contribution in [0.1, 0.15) is 25.3 Å². The zero-order chi connectivity index (χ0) is 15.2. The number of rotatable bonds is 7. The number of methoxy groups -OCH3 is 1. The third-order valence-electron chi connectivity index (χ3n) is 2.94. The van der Waals surface area contributed by atoms with Crippen LogP contribution in [0.3, 0.4) is 0 Å². The molecule has 0 fully saturated rings. The molecule has 0 unspecified atom stereocenters. The number of hydrogen-bond acceptors (Lipinski definition) is 10. The minimum absolute atomic E-state index is 0.0649. The van der Waals surface area contributed by atoms with Gasteiger partial charge in [-0.25, -0.2) is 9.48 Å². The molecule has 114 valence electrons. The lowest BCUT2D eigenvalue weighted by Gasteiger charge is -2.14. The molecule has 2 aromatic heterocycles. The highest BCUT2D eigenvalue weighted by atomic mass is 16.5. The van der Waals surface area contributed by atoms with Gasteiger partial charge in [-0.05, 0) is 40.1 Å². The summed E-state index contributed by atoms with van der Waals surface area (Å²) in [5.41, 5.74) is 11.2. The lowest BCUT2D eigenvalue weighted by atomic mass is 10.1. The molecule has 21 heavy (non-hydrogen) atoms. The predicted molar refractivity (Wildman–Crippen MR) is 69.4 cm³/mol. The highest BCUT2D eigenvalue weighted by Crippen LogP contribution is 2.18. The number of nitrogens with zero attached hydrogens (tertiary/aromatic N) is 8. The van der Waals surface area contributed by atoms with E-state index in [0.717, 1.165) is 6.42 Å². The highest BCUT2D eigenvalue weighted by Gasteiger charge is 2.24. The minimum atomic E-state index is -0.656. The van der Waals surface area contributed by atoms with Crippen molar-refractivity contribution in [3.05, 3.63) is 0 Å². The SMILES string of the molecule is COC(=O)[C@H](CCCCn1nnnc1N)n1nnnc1N. The predicted octanol–water partition coefficient (Wildman–Crippen LogP) is -1.59. The van der Waals surface area contributed by atoms with Crippen molar-refractivity contribution in [2.24, 2.45) is 0 Å². The molecule has 0 bridgehead atoms. The van der Waals surface area contributed by atoms with Gasteiger partial charge in [0.05, 0.1) is 7.11 Å². The Balaban J connectivity index is 1.90. The molecule has 0 aliphatic carbocycles. The Bertz CT molecular complexity index is 593. The Morgan fingerprint density at radius 1 is 1.19 bits per heavy atom. The fourth-order valence-electron chi connectivity index (χ4n) is 1.87. The maximum atomic E-state index is 11.8. The van der Waals surface area contributed by atoms with E-state index in [1.54, 1.807) is 0 Å². The molecule has 0 saturated carbocycles. The van der Waals surface area contributed by atoms with E-state index in [1.807, 2.05) is 0 Å². The molecule has 0 amide bonds. The van der Waals surface area contributed by atoms with Crippen LogP contribution in [0.2, 0.25) is 0 Å². The second-order valence-corrected chi connectivity index (χ2v) is 4.28. The van der Waals surface area contributed by atoms with E-state index in [2.05, 4.69) is 31.1 Å². The molecule has 0 saturated heterocycles. The van der Waals surface area contributed by atoms with E-state index in [0.29, 0.717) is 19.4 Å². The molecule has 0 radical (unpaired) electrons. The molecule has 0 aliphatic heterocycles. The third-order valence-corrected chi connectivity index (χ3v) is 2.94. The maximum Gasteiger partial charge on any atom is 0.330 e. The van der Waals surface area contributed by atoms with Crippen molar-refractivity contribution in [2.45, 2.75) is 31.8 Å². The average Bonchev–Trinajstić information content (AvgIpc) is 3.07. The van der Waals surface area contributed by atoms with Gasteiger partial charge in [-0.1, -0.05) is 10.2 Å². The molecule has 1 atom stereocenters. The van der Waals surface area contributed by atoms with Crippen molar-refractivity contribution in [3.8, 4) is 0 Å². The standard InChI is InChI=1S/C9H16N10O2/c1-21-7(20)6(19-9(11)13-15-17-19)4-2-3-5-18-8(10)12-14-16-18/h6H,2-5H2,1H3,(H2,10,12,16)(H2,11,13,17)/t6-/m0/s1. The number of esters is 1. The van der Waals surface area contributed by atoms with Crippen LogP contribution in [0, 0.1) is 0 Å². The molecule has 2 rings (SSSR count). The van der Waals surface area contributed by atoms with Crippen LogP contribution >= 0.6 is 0 Å². The van der Waals surface area contributed by atoms with Crippen molar-refractivity contribution >= 4 is 17.9 Å². The van der Waals surface area contributed by atoms with Crippen LogP contribution in [0.5, 0.6) is 0 Å². The summed E-state index contributed by atoms with van der Waals surface area (Å²) in [6, 6.07) is -0.656. The topological polar surface area (TPSA) is 166 Å². The van der Waals surface area contributed by atoms with Crippen LogP contribution in [-0.2, 0) is 16.1 Å². The summed E-state index contributed by atoms with van der Waals surface area (Å²) >= 11 is 0. The first kappa shape index (κ1) is 14.6. The molecular weight excluding hydrogens is 280 g/mol. The quantitative estimate of drug-likeness (QED) is 0.449. The fourth-order valence-corrected chi connectivity index (χ4v) is 1.87. The Morgan fingerprint density at radius 3 is 2.48 bits per heavy atom. The number of carbonyl (C=O) groups excluding carboxylic acids is 1. The second kappa shape index (κ2) is 6.58. The van der Waals surface area contributed by atoms with E-state index in [1.165, 1.54) is 16.5 Å². The highest BCUT2D eigenvalue weighted by molar-refractivity contribution is 5.74. The summed E-state index contributed by atoms with van der Waals surface area (Å²) in [5.74, 6) is -0.129. The summed E-state index contributed by atoms with van der Waals surface area (Å²) in [7, 11) is 1.30. The van der Waals surface area contributed by atoms with Crippen molar-refractivity contribution in [1.82, 2.24) is 40.4 Å². The van der Waals surface area contributed by atoms with Crippen molar-refractivity contribution < 1.29 is 9.53 Å². The summed E-state index contributed by atoms with van der Waals surface area (Å²) < 4.78 is 7.48. The molecule has 12 heteroatoms. The lowest BCUT2D eigenvalue weighted by molar-refractivity contribution is -0.145. The van der Waals surface area contributed by atoms with Crippen molar-refractivity contribution in [2.75, 3.05) is 18.6 Å². The van der Waals surface area contributed by atoms with Gasteiger partial charge in [0.25, 0.3) is 0 Å². The van der Waals surface area contributed by atoms with E-state index >= 15 is 0 Å². The number of ether oxygens (including phenoxy) is 1. The van der Waals surface area contributed by atoms with Gasteiger partial charge in [-0.2, -0.15) is 4.68 Å². The Labute approximate surface area is 119 Å². The van der Waals surface area contributed by atoms with E-state index in [9.17, 15) is 4.79 Å². The number of nitrogen functional groups attached to an aromatic ring is 2. The van der Waals surface area contributed by atoms with Crippen molar-refractivity contribution in [1.29, 1.82) is 0 Å². The van der Waals surface area contributed by atoms with Crippen LogP contribution < -0.4 is 11.5 Å². The van der Waals surface area contributed by atoms with Gasteiger partial charge in [-0.15, -0.1) is 0 Å². The van der Waals surface area contributed by atoms with Gasteiger partial charge >= 0.3 is 5.97 Å². The summed E-state index contributed by atoms with van der Waals surface area (Å²) in [6.45, 7) is 0.553. The fraction of sp³-hybridized carbons (Fsp3) is 0.667. The molecule has 2 heterocycles. The molecule has 4 N–H and O–H groups in total. The maximum absolute atomic E-state index is 11.8. The normalized spacial score (nSPS) is 12.2. The van der Waals surface area contributed by atoms with Gasteiger partial charge in [0.2, 0.25) is 11.9 Å². The van der Waals surface area contributed by atoms with Gasteiger partial charge in [-0.3, -0.25) is 0 Å². The number of hydrogen-bond donors (Lipinski definition) is 2. The van der Waals surface area contributed by atoms with Crippen LogP contribution in [0.4, 0.5) is 11.9 Å². The Kier molecular flexibility index (Phi) is 4.58. The smallest absolute Gasteiger partial charge is 0.330 e. The van der Waals surface area contributed by atoms with Gasteiger partial charge in [0.1, 0.15) is 0 Å². The van der Waals surface area contributed by atoms with Crippen LogP contribution in [0.15, 0.2) is 0 Å². The number of carbonyl (C=O) groups is 1. The van der Waals surface area contributed by atoms with Crippen LogP contribution in [-0.4, -0.2) is 53.5 Å². The zero-order valence-electron chi connectivity index (χ0n) is 11.5. The van der Waals surface area contributed by atoms with Gasteiger partial charge in [0, 0.05) is 6.54 Å². The number of aromatic nitrogens is 8. The molecule has 0 aromatic carbocycles. The van der Waals surface area contributed by atoms with Crippen LogP contribution in [0.25, 0.3) is 0 Å². The number of aryl methyl sites for hydroxylation is 1. The van der Waals surface area contributed by atoms with Gasteiger partial charge < -0.3 is 16.2 Å². The van der Waals surface area contributed by atoms with E-state index in [-0.39, 0.29) is 11.9 Å². The minimum Gasteiger partial charge on any atom is -0.467 e. The molecule has 0 aliphatic rings. The Morgan fingerprint density at radius 2 is 1.90 bits per heavy atom. The lowest BCUT2D eigenvalue weighted by Crippen LogP contribution is -2.23. The summed E-state index contributed by atoms with van der Waals surface area (Å²) in [5, 5.41) is 21.4. The van der Waals surface area contributed by atoms with Gasteiger partial charge in [0.15, 0.2) is 6.04 Å². The van der Waals surface area contributed by atoms with E-state index < -0.39 is 12.0 Å². The second-order valence-electron chi connectivity index (χ2n) is 4.28. The first-order chi connectivity index (χ1) is 10.1. The van der Waals surface area contributed by atoms with Crippen molar-refractivity contribution in [3.63, 3.8) is 0 Å². The average molecular weight is 296 g/mol. The van der Waals surface area contributed by atoms with E-state index in [4.69, 9.17) is 16.2 Å². The first-order valence-corrected chi connectivity index (χ1v) is 6.26. The molecule has 2 aromatic rings.